The van der Waals surface area contributed by atoms with E-state index in [1.54, 1.807) is 18.5 Å². The molecule has 0 aliphatic heterocycles. The van der Waals surface area contributed by atoms with E-state index in [9.17, 15) is 0 Å². The van der Waals surface area contributed by atoms with Gasteiger partial charge in [0, 0.05) is 38.8 Å². The zero-order valence-corrected chi connectivity index (χ0v) is 6.36. The third kappa shape index (κ3) is 1.04. The van der Waals surface area contributed by atoms with Gasteiger partial charge in [0.15, 0.2) is 0 Å². The highest BCUT2D eigenvalue weighted by Gasteiger charge is 1.98. The molecule has 0 fully saturated rings. The molecule has 0 unspecified atom stereocenters. The third-order valence-corrected chi connectivity index (χ3v) is 1.67. The van der Waals surface area contributed by atoms with E-state index < -0.39 is 6.50 Å². The van der Waals surface area contributed by atoms with Crippen molar-refractivity contribution in [1.29, 1.82) is 0 Å². The summed E-state index contributed by atoms with van der Waals surface area (Å²) >= 11 is 0. The average Bonchev–Trinajstić information content (AvgIpc) is 2.15. The lowest BCUT2D eigenvalue weighted by Gasteiger charge is -2.00. The SMILES string of the molecule is [2H]C([2H])(N)c1cncc2cccnc12. The molecular weight excluding hydrogens is 150 g/mol. The molecule has 0 atom stereocenters. The van der Waals surface area contributed by atoms with Gasteiger partial charge in [-0.05, 0) is 12.1 Å². The molecule has 0 radical (unpaired) electrons. The topological polar surface area (TPSA) is 51.8 Å². The maximum absolute atomic E-state index is 7.42. The van der Waals surface area contributed by atoms with Crippen LogP contribution in [0.3, 0.4) is 0 Å². The highest BCUT2D eigenvalue weighted by atomic mass is 14.7. The molecule has 2 aromatic heterocycles. The number of nitrogens with two attached hydrogens (primary N) is 1. The van der Waals surface area contributed by atoms with Crippen LogP contribution in [-0.2, 0) is 6.50 Å². The van der Waals surface area contributed by atoms with Crippen LogP contribution in [0.25, 0.3) is 10.9 Å². The Morgan fingerprint density at radius 3 is 3.25 bits per heavy atom. The van der Waals surface area contributed by atoms with Gasteiger partial charge in [-0.2, -0.15) is 0 Å². The number of pyridine rings is 2. The molecule has 2 rings (SSSR count). The Hall–Kier alpha value is -1.48. The molecule has 2 N–H and O–H groups in total. The van der Waals surface area contributed by atoms with Gasteiger partial charge in [-0.3, -0.25) is 9.97 Å². The molecule has 0 saturated carbocycles. The van der Waals surface area contributed by atoms with Gasteiger partial charge >= 0.3 is 0 Å². The summed E-state index contributed by atoms with van der Waals surface area (Å²) in [6.07, 6.45) is 4.66. The van der Waals surface area contributed by atoms with Gasteiger partial charge in [-0.15, -0.1) is 0 Å². The van der Waals surface area contributed by atoms with Crippen molar-refractivity contribution in [2.75, 3.05) is 0 Å². The second kappa shape index (κ2) is 2.87. The zero-order valence-electron chi connectivity index (χ0n) is 8.36. The maximum atomic E-state index is 7.42. The second-order valence-corrected chi connectivity index (χ2v) is 2.41. The molecular formula is C9H9N3. The lowest BCUT2D eigenvalue weighted by molar-refractivity contribution is 1.06. The van der Waals surface area contributed by atoms with E-state index >= 15 is 0 Å². The number of nitrogens with zero attached hydrogens (tertiary/aromatic N) is 2. The van der Waals surface area contributed by atoms with Crippen LogP contribution in [-0.4, -0.2) is 9.97 Å². The zero-order chi connectivity index (χ0) is 10.2. The van der Waals surface area contributed by atoms with Gasteiger partial charge in [0.1, 0.15) is 0 Å². The minimum Gasteiger partial charge on any atom is -0.326 e. The van der Waals surface area contributed by atoms with Crippen molar-refractivity contribution in [1.82, 2.24) is 9.97 Å². The summed E-state index contributed by atoms with van der Waals surface area (Å²) < 4.78 is 14.8. The number of hydrogen-bond donors (Lipinski definition) is 1. The van der Waals surface area contributed by atoms with Crippen LogP contribution in [0.4, 0.5) is 0 Å². The molecule has 0 aliphatic rings. The van der Waals surface area contributed by atoms with Crippen LogP contribution in [0.15, 0.2) is 30.7 Å². The summed E-state index contributed by atoms with van der Waals surface area (Å²) in [4.78, 5) is 8.01. The lowest BCUT2D eigenvalue weighted by Crippen LogP contribution is -1.98. The summed E-state index contributed by atoms with van der Waals surface area (Å²) in [6.45, 7) is -1.90. The molecule has 12 heavy (non-hydrogen) atoms. The number of fused-ring (bicyclic) bond motifs is 1. The third-order valence-electron chi connectivity index (χ3n) is 1.67. The fraction of sp³-hybridized carbons (Fsp3) is 0.111. The van der Waals surface area contributed by atoms with E-state index in [0.29, 0.717) is 11.1 Å². The number of aromatic nitrogens is 2. The van der Waals surface area contributed by atoms with Crippen molar-refractivity contribution >= 4 is 10.9 Å². The van der Waals surface area contributed by atoms with Crippen LogP contribution in [0.2, 0.25) is 0 Å². The fourth-order valence-corrected chi connectivity index (χ4v) is 1.11. The van der Waals surface area contributed by atoms with Gasteiger partial charge in [-0.1, -0.05) is 0 Å². The smallest absolute Gasteiger partial charge is 0.0777 e. The molecule has 2 aromatic rings. The van der Waals surface area contributed by atoms with Gasteiger partial charge in [0.05, 0.1) is 5.52 Å². The first kappa shape index (κ1) is 5.22. The van der Waals surface area contributed by atoms with E-state index in [4.69, 9.17) is 8.48 Å². The first-order valence-electron chi connectivity index (χ1n) is 4.57. The van der Waals surface area contributed by atoms with E-state index in [1.165, 1.54) is 6.20 Å². The van der Waals surface area contributed by atoms with Gasteiger partial charge < -0.3 is 5.73 Å². The van der Waals surface area contributed by atoms with Gasteiger partial charge in [0.2, 0.25) is 0 Å². The van der Waals surface area contributed by atoms with E-state index in [-0.39, 0.29) is 0 Å². The predicted molar refractivity (Wildman–Crippen MR) is 47.4 cm³/mol. The Morgan fingerprint density at radius 1 is 1.50 bits per heavy atom. The summed E-state index contributed by atoms with van der Waals surface area (Å²) in [5.74, 6) is 0. The highest BCUT2D eigenvalue weighted by Crippen LogP contribution is 2.12. The number of rotatable bonds is 1. The van der Waals surface area contributed by atoms with Crippen LogP contribution in [0.1, 0.15) is 8.30 Å². The molecule has 0 amide bonds. The first-order valence-corrected chi connectivity index (χ1v) is 3.57. The molecule has 60 valence electrons. The molecule has 0 spiro atoms. The Balaban J connectivity index is 2.78. The summed E-state index contributed by atoms with van der Waals surface area (Å²) in [7, 11) is 0. The van der Waals surface area contributed by atoms with Crippen LogP contribution in [0, 0.1) is 0 Å². The normalized spacial score (nSPS) is 14.1. The summed E-state index contributed by atoms with van der Waals surface area (Å²) in [5, 5.41) is 0.791. The Labute approximate surface area is 73.1 Å². The van der Waals surface area contributed by atoms with Crippen molar-refractivity contribution in [2.24, 2.45) is 5.73 Å². The Morgan fingerprint density at radius 2 is 2.42 bits per heavy atom. The molecule has 0 aromatic carbocycles. The van der Waals surface area contributed by atoms with Gasteiger partial charge in [-0.25, -0.2) is 0 Å². The molecule has 3 heteroatoms. The fourth-order valence-electron chi connectivity index (χ4n) is 1.11. The van der Waals surface area contributed by atoms with E-state index in [1.807, 2.05) is 6.07 Å². The predicted octanol–water partition coefficient (Wildman–Crippen LogP) is 1.09. The lowest BCUT2D eigenvalue weighted by atomic mass is 10.2. The largest absolute Gasteiger partial charge is 0.326 e. The Kier molecular flexibility index (Phi) is 1.25. The van der Waals surface area contributed by atoms with E-state index in [2.05, 4.69) is 9.97 Å². The van der Waals surface area contributed by atoms with Crippen LogP contribution < -0.4 is 5.73 Å². The van der Waals surface area contributed by atoms with Crippen molar-refractivity contribution < 1.29 is 2.74 Å². The average molecular weight is 161 g/mol. The van der Waals surface area contributed by atoms with Crippen molar-refractivity contribution in [3.05, 3.63) is 36.3 Å². The molecule has 0 bridgehead atoms. The van der Waals surface area contributed by atoms with Crippen molar-refractivity contribution in [2.45, 2.75) is 6.50 Å². The van der Waals surface area contributed by atoms with Crippen LogP contribution >= 0.6 is 0 Å². The molecule has 3 nitrogen and oxygen atoms in total. The summed E-state index contributed by atoms with van der Waals surface area (Å²) in [6, 6.07) is 3.60. The summed E-state index contributed by atoms with van der Waals surface area (Å²) in [5.41, 5.74) is 6.26. The quantitative estimate of drug-likeness (QED) is 0.681. The monoisotopic (exact) mass is 161 g/mol. The number of hydrogen-bond acceptors (Lipinski definition) is 3. The van der Waals surface area contributed by atoms with Crippen molar-refractivity contribution in [3.8, 4) is 0 Å². The van der Waals surface area contributed by atoms with Gasteiger partial charge in [0.25, 0.3) is 0 Å². The molecule has 2 heterocycles. The first-order chi connectivity index (χ1) is 6.59. The van der Waals surface area contributed by atoms with E-state index in [0.717, 1.165) is 5.39 Å². The molecule has 0 saturated heterocycles. The van der Waals surface area contributed by atoms with Crippen LogP contribution in [0.5, 0.6) is 0 Å². The highest BCUT2D eigenvalue weighted by molar-refractivity contribution is 5.80. The maximum Gasteiger partial charge on any atom is 0.0777 e. The Bertz CT molecular complexity index is 460. The molecule has 0 aliphatic carbocycles. The minimum absolute atomic E-state index is 0.315. The second-order valence-electron chi connectivity index (χ2n) is 2.41. The van der Waals surface area contributed by atoms with Crippen molar-refractivity contribution in [3.63, 3.8) is 0 Å². The minimum atomic E-state index is -1.90. The standard InChI is InChI=1S/C9H9N3/c10-4-8-6-11-5-7-2-1-3-12-9(7)8/h1-3,5-6H,4,10H2/i4D2.